The Bertz CT molecular complexity index is 704. The number of ether oxygens (including phenoxy) is 1. The van der Waals surface area contributed by atoms with E-state index in [0.29, 0.717) is 37.1 Å². The third kappa shape index (κ3) is 8.36. The molecule has 2 aromatic rings. The van der Waals surface area contributed by atoms with E-state index in [0.717, 1.165) is 38.9 Å². The van der Waals surface area contributed by atoms with Crippen molar-refractivity contribution in [2.24, 2.45) is 5.73 Å². The predicted octanol–water partition coefficient (Wildman–Crippen LogP) is 3.38. The number of nitrogens with zero attached hydrogens (tertiary/aromatic N) is 1. The number of likely N-dealkylation sites (tertiary alicyclic amines) is 1. The zero-order chi connectivity index (χ0) is 18.9. The van der Waals surface area contributed by atoms with E-state index in [4.69, 9.17) is 14.9 Å². The first-order valence-electron chi connectivity index (χ1n) is 9.68. The Morgan fingerprint density at radius 1 is 1.21 bits per heavy atom. The minimum absolute atomic E-state index is 0. The van der Waals surface area contributed by atoms with Gasteiger partial charge in [0.15, 0.2) is 0 Å². The lowest BCUT2D eigenvalue weighted by Gasteiger charge is -2.32. The summed E-state index contributed by atoms with van der Waals surface area (Å²) in [6.07, 6.45) is 4.70. The van der Waals surface area contributed by atoms with Crippen LogP contribution < -0.4 is 11.1 Å². The standard InChI is InChI=1S/C21H29N3O3.2ClH/c22-14-20-13-18(16-27-20)21(25)23-9-4-12-26-19-7-10-24(11-8-19)15-17-5-2-1-3-6-17;;/h1-3,5-6,13,16,19H,4,7-12,14-15,22H2,(H,23,25);2*1H. The van der Waals surface area contributed by atoms with Crippen molar-refractivity contribution in [3.63, 3.8) is 0 Å². The van der Waals surface area contributed by atoms with Crippen LogP contribution in [0.4, 0.5) is 0 Å². The van der Waals surface area contributed by atoms with Gasteiger partial charge in [-0.3, -0.25) is 9.69 Å². The summed E-state index contributed by atoms with van der Waals surface area (Å²) in [5.74, 6) is 0.481. The molecule has 1 aliphatic rings. The number of furan rings is 1. The summed E-state index contributed by atoms with van der Waals surface area (Å²) in [5, 5.41) is 2.88. The Labute approximate surface area is 185 Å². The molecule has 0 spiro atoms. The van der Waals surface area contributed by atoms with Gasteiger partial charge in [-0.25, -0.2) is 0 Å². The van der Waals surface area contributed by atoms with E-state index in [1.165, 1.54) is 11.8 Å². The van der Waals surface area contributed by atoms with Crippen molar-refractivity contribution in [2.75, 3.05) is 26.2 Å². The molecule has 0 radical (unpaired) electrons. The molecule has 162 valence electrons. The van der Waals surface area contributed by atoms with Crippen molar-refractivity contribution in [2.45, 2.75) is 38.5 Å². The van der Waals surface area contributed by atoms with Gasteiger partial charge in [-0.15, -0.1) is 24.8 Å². The van der Waals surface area contributed by atoms with Crippen LogP contribution in [0.25, 0.3) is 0 Å². The molecule has 3 N–H and O–H groups in total. The summed E-state index contributed by atoms with van der Waals surface area (Å²) < 4.78 is 11.2. The van der Waals surface area contributed by atoms with E-state index in [1.807, 2.05) is 0 Å². The second kappa shape index (κ2) is 13.6. The van der Waals surface area contributed by atoms with Crippen LogP contribution in [0, 0.1) is 0 Å². The lowest BCUT2D eigenvalue weighted by atomic mass is 10.1. The number of rotatable bonds is 9. The maximum Gasteiger partial charge on any atom is 0.254 e. The summed E-state index contributed by atoms with van der Waals surface area (Å²) in [4.78, 5) is 14.4. The molecule has 6 nitrogen and oxygen atoms in total. The summed E-state index contributed by atoms with van der Waals surface area (Å²) in [6.45, 7) is 4.71. The van der Waals surface area contributed by atoms with Crippen LogP contribution in [0.3, 0.4) is 0 Å². The summed E-state index contributed by atoms with van der Waals surface area (Å²) in [5.41, 5.74) is 7.36. The average Bonchev–Trinajstić information content (AvgIpc) is 3.19. The van der Waals surface area contributed by atoms with Gasteiger partial charge in [0, 0.05) is 32.8 Å². The van der Waals surface area contributed by atoms with Gasteiger partial charge in [-0.1, -0.05) is 30.3 Å². The highest BCUT2D eigenvalue weighted by Gasteiger charge is 2.19. The minimum atomic E-state index is -0.132. The fraction of sp³-hybridized carbons (Fsp3) is 0.476. The second-order valence-corrected chi connectivity index (χ2v) is 6.95. The monoisotopic (exact) mass is 443 g/mol. The van der Waals surface area contributed by atoms with E-state index >= 15 is 0 Å². The Morgan fingerprint density at radius 2 is 1.93 bits per heavy atom. The fourth-order valence-corrected chi connectivity index (χ4v) is 3.31. The number of nitrogens with one attached hydrogen (secondary N) is 1. The van der Waals surface area contributed by atoms with Gasteiger partial charge in [0.2, 0.25) is 0 Å². The summed E-state index contributed by atoms with van der Waals surface area (Å²) >= 11 is 0. The number of amides is 1. The molecule has 3 rings (SSSR count). The van der Waals surface area contributed by atoms with E-state index < -0.39 is 0 Å². The number of benzene rings is 1. The number of nitrogens with two attached hydrogens (primary N) is 1. The minimum Gasteiger partial charge on any atom is -0.467 e. The molecule has 0 atom stereocenters. The molecule has 1 aromatic heterocycles. The number of carbonyl (C=O) groups is 1. The van der Waals surface area contributed by atoms with Gasteiger partial charge in [0.05, 0.1) is 18.2 Å². The summed E-state index contributed by atoms with van der Waals surface area (Å²) in [6, 6.07) is 12.3. The highest BCUT2D eigenvalue weighted by molar-refractivity contribution is 5.93. The zero-order valence-electron chi connectivity index (χ0n) is 16.5. The number of carbonyl (C=O) groups excluding carboxylic acids is 1. The van der Waals surface area contributed by atoms with Crippen LogP contribution in [0.2, 0.25) is 0 Å². The number of halogens is 2. The van der Waals surface area contributed by atoms with Crippen molar-refractivity contribution < 1.29 is 13.9 Å². The Balaban J connectivity index is 0.00000210. The predicted molar refractivity (Wildman–Crippen MR) is 119 cm³/mol. The number of hydrogen-bond acceptors (Lipinski definition) is 5. The van der Waals surface area contributed by atoms with Crippen LogP contribution in [0.5, 0.6) is 0 Å². The molecule has 1 aliphatic heterocycles. The van der Waals surface area contributed by atoms with Gasteiger partial charge in [-0.05, 0) is 30.9 Å². The largest absolute Gasteiger partial charge is 0.467 e. The van der Waals surface area contributed by atoms with Crippen molar-refractivity contribution in [1.82, 2.24) is 10.2 Å². The Hall–Kier alpha value is -1.57. The quantitative estimate of drug-likeness (QED) is 0.580. The van der Waals surface area contributed by atoms with Gasteiger partial charge >= 0.3 is 0 Å². The van der Waals surface area contributed by atoms with Crippen molar-refractivity contribution in [3.8, 4) is 0 Å². The first-order chi connectivity index (χ1) is 13.2. The zero-order valence-corrected chi connectivity index (χ0v) is 18.2. The maximum atomic E-state index is 12.0. The number of hydrogen-bond donors (Lipinski definition) is 2. The smallest absolute Gasteiger partial charge is 0.254 e. The van der Waals surface area contributed by atoms with Crippen LogP contribution >= 0.6 is 24.8 Å². The van der Waals surface area contributed by atoms with Crippen LogP contribution in [0.15, 0.2) is 47.1 Å². The molecule has 1 fully saturated rings. The molecule has 8 heteroatoms. The molecular formula is C21H31Cl2N3O3. The molecular weight excluding hydrogens is 413 g/mol. The highest BCUT2D eigenvalue weighted by Crippen LogP contribution is 2.16. The van der Waals surface area contributed by atoms with Crippen LogP contribution in [-0.2, 0) is 17.8 Å². The first kappa shape index (κ1) is 25.5. The summed E-state index contributed by atoms with van der Waals surface area (Å²) in [7, 11) is 0. The van der Waals surface area contributed by atoms with Gasteiger partial charge in [0.25, 0.3) is 5.91 Å². The lowest BCUT2D eigenvalue weighted by molar-refractivity contribution is 0.00515. The Kier molecular flexibility index (Phi) is 12.0. The topological polar surface area (TPSA) is 80.7 Å². The first-order valence-corrected chi connectivity index (χ1v) is 9.68. The van der Waals surface area contributed by atoms with E-state index in [2.05, 4.69) is 40.5 Å². The molecule has 0 aliphatic carbocycles. The van der Waals surface area contributed by atoms with Crippen LogP contribution in [0.1, 0.15) is 40.9 Å². The normalized spacial score (nSPS) is 14.7. The molecule has 0 saturated carbocycles. The molecule has 2 heterocycles. The van der Waals surface area contributed by atoms with Gasteiger partial charge in [0.1, 0.15) is 12.0 Å². The van der Waals surface area contributed by atoms with Crippen molar-refractivity contribution in [1.29, 1.82) is 0 Å². The molecule has 0 bridgehead atoms. The van der Waals surface area contributed by atoms with Gasteiger partial charge < -0.3 is 20.2 Å². The van der Waals surface area contributed by atoms with Crippen molar-refractivity contribution in [3.05, 3.63) is 59.5 Å². The third-order valence-electron chi connectivity index (χ3n) is 4.86. The molecule has 29 heavy (non-hydrogen) atoms. The highest BCUT2D eigenvalue weighted by atomic mass is 35.5. The average molecular weight is 444 g/mol. The van der Waals surface area contributed by atoms with Crippen LogP contribution in [-0.4, -0.2) is 43.2 Å². The van der Waals surface area contributed by atoms with Crippen molar-refractivity contribution >= 4 is 30.7 Å². The van der Waals surface area contributed by atoms with E-state index in [1.54, 1.807) is 6.07 Å². The number of piperidine rings is 1. The molecule has 1 amide bonds. The molecule has 0 unspecified atom stereocenters. The fourth-order valence-electron chi connectivity index (χ4n) is 3.31. The molecule has 1 aromatic carbocycles. The van der Waals surface area contributed by atoms with E-state index in [-0.39, 0.29) is 30.7 Å². The van der Waals surface area contributed by atoms with E-state index in [9.17, 15) is 4.79 Å². The lowest BCUT2D eigenvalue weighted by Crippen LogP contribution is -2.36. The Morgan fingerprint density at radius 3 is 2.59 bits per heavy atom. The molecule has 1 saturated heterocycles. The maximum absolute atomic E-state index is 12.0. The SMILES string of the molecule is Cl.Cl.NCc1cc(C(=O)NCCCOC2CCN(Cc3ccccc3)CC2)co1. The third-order valence-corrected chi connectivity index (χ3v) is 4.86. The van der Waals surface area contributed by atoms with Gasteiger partial charge in [-0.2, -0.15) is 0 Å². The second-order valence-electron chi connectivity index (χ2n) is 6.95.